The molecule has 0 spiro atoms. The molecule has 1 aliphatic heterocycles. The molecule has 0 fully saturated rings. The van der Waals surface area contributed by atoms with Gasteiger partial charge < -0.3 is 25.4 Å². The second-order valence-corrected chi connectivity index (χ2v) is 11.1. The minimum atomic E-state index is -1.23. The van der Waals surface area contributed by atoms with Crippen LogP contribution in [0.4, 0.5) is 10.5 Å². The van der Waals surface area contributed by atoms with Crippen molar-refractivity contribution in [3.05, 3.63) is 89.5 Å². The number of anilines is 1. The third kappa shape index (κ3) is 8.06. The number of Topliss-reactive ketones (excluding diaryl/α,β-unsaturated/α-hetero) is 1. The lowest BCUT2D eigenvalue weighted by Crippen LogP contribution is -2.51. The van der Waals surface area contributed by atoms with Crippen LogP contribution in [0.25, 0.3) is 11.1 Å². The SMILES string of the molecule is CC(=O)OCC(=O)c1ccccc1-c1ccc(CN2C(=O)[C@H](NC(=O)CC(C)(C)NC(=O)O)CCc3ccccc32)cc1. The molecule has 0 saturated heterocycles. The van der Waals surface area contributed by atoms with Crippen molar-refractivity contribution >= 4 is 35.3 Å². The molecule has 3 aromatic rings. The van der Waals surface area contributed by atoms with Gasteiger partial charge in [-0.2, -0.15) is 0 Å². The highest BCUT2D eigenvalue weighted by Gasteiger charge is 2.33. The summed E-state index contributed by atoms with van der Waals surface area (Å²) >= 11 is 0. The van der Waals surface area contributed by atoms with Crippen LogP contribution in [-0.2, 0) is 32.1 Å². The van der Waals surface area contributed by atoms with Gasteiger partial charge in [0.05, 0.1) is 6.54 Å². The fourth-order valence-corrected chi connectivity index (χ4v) is 5.19. The van der Waals surface area contributed by atoms with Crippen molar-refractivity contribution in [3.63, 3.8) is 0 Å². The lowest BCUT2D eigenvalue weighted by molar-refractivity contribution is -0.139. The summed E-state index contributed by atoms with van der Waals surface area (Å²) in [6.07, 6.45) is -0.366. The van der Waals surface area contributed by atoms with Crippen molar-refractivity contribution in [1.82, 2.24) is 10.6 Å². The van der Waals surface area contributed by atoms with Crippen LogP contribution in [0.5, 0.6) is 0 Å². The van der Waals surface area contributed by atoms with E-state index >= 15 is 0 Å². The number of nitrogens with one attached hydrogen (secondary N) is 2. The van der Waals surface area contributed by atoms with Crippen molar-refractivity contribution in [3.8, 4) is 11.1 Å². The number of hydrogen-bond donors (Lipinski definition) is 3. The van der Waals surface area contributed by atoms with E-state index in [0.29, 0.717) is 24.0 Å². The largest absolute Gasteiger partial charge is 0.465 e. The molecule has 0 aliphatic carbocycles. The number of para-hydroxylation sites is 1. The average molecular weight is 586 g/mol. The van der Waals surface area contributed by atoms with Crippen molar-refractivity contribution in [2.45, 2.75) is 58.2 Å². The summed E-state index contributed by atoms with van der Waals surface area (Å²) in [7, 11) is 0. The Hall–Kier alpha value is -4.99. The van der Waals surface area contributed by atoms with Crippen LogP contribution in [0.3, 0.4) is 0 Å². The standard InChI is InChI=1S/C33H35N3O7/c1-21(37)43-20-29(38)26-10-6-5-9-25(26)23-14-12-22(13-15-23)19-36-28-11-7-4-8-24(28)16-17-27(31(36)40)34-30(39)18-33(2,3)35-32(41)42/h4-15,27,35H,16-20H2,1-3H3,(H,34,39)(H,41,42)/t27-/m1/s1. The predicted molar refractivity (Wildman–Crippen MR) is 161 cm³/mol. The second-order valence-electron chi connectivity index (χ2n) is 11.1. The monoisotopic (exact) mass is 585 g/mol. The number of aryl methyl sites for hydroxylation is 1. The van der Waals surface area contributed by atoms with E-state index in [9.17, 15) is 24.0 Å². The first-order valence-corrected chi connectivity index (χ1v) is 14.0. The zero-order chi connectivity index (χ0) is 31.1. The van der Waals surface area contributed by atoms with Crippen LogP contribution < -0.4 is 15.5 Å². The first-order chi connectivity index (χ1) is 20.4. The second kappa shape index (κ2) is 13.3. The molecule has 0 bridgehead atoms. The maximum Gasteiger partial charge on any atom is 0.405 e. The van der Waals surface area contributed by atoms with Gasteiger partial charge in [-0.05, 0) is 55.0 Å². The molecule has 0 unspecified atom stereocenters. The first kappa shape index (κ1) is 31.0. The van der Waals surface area contributed by atoms with Gasteiger partial charge in [-0.1, -0.05) is 66.7 Å². The molecule has 10 nitrogen and oxygen atoms in total. The Morgan fingerprint density at radius 3 is 2.35 bits per heavy atom. The molecule has 1 heterocycles. The van der Waals surface area contributed by atoms with E-state index in [0.717, 1.165) is 22.4 Å². The number of rotatable bonds is 10. The highest BCUT2D eigenvalue weighted by atomic mass is 16.5. The van der Waals surface area contributed by atoms with Crippen molar-refractivity contribution < 1.29 is 33.8 Å². The van der Waals surface area contributed by atoms with E-state index in [1.54, 1.807) is 30.9 Å². The Kier molecular flexibility index (Phi) is 9.59. The van der Waals surface area contributed by atoms with Gasteiger partial charge in [0.15, 0.2) is 6.61 Å². The van der Waals surface area contributed by atoms with Gasteiger partial charge in [0.25, 0.3) is 0 Å². The number of ether oxygens (including phenoxy) is 1. The molecule has 4 rings (SSSR count). The molecule has 224 valence electrons. The number of fused-ring (bicyclic) bond motifs is 1. The van der Waals surface area contributed by atoms with E-state index in [1.165, 1.54) is 6.92 Å². The molecular formula is C33H35N3O7. The van der Waals surface area contributed by atoms with Crippen LogP contribution in [0.15, 0.2) is 72.8 Å². The topological polar surface area (TPSA) is 142 Å². The number of carboxylic acid groups (broad SMARTS) is 1. The van der Waals surface area contributed by atoms with Gasteiger partial charge in [-0.15, -0.1) is 0 Å². The smallest absolute Gasteiger partial charge is 0.405 e. The fourth-order valence-electron chi connectivity index (χ4n) is 5.19. The van der Waals surface area contributed by atoms with E-state index in [1.807, 2.05) is 60.7 Å². The molecule has 3 amide bonds. The van der Waals surface area contributed by atoms with E-state index in [2.05, 4.69) is 10.6 Å². The number of benzene rings is 3. The minimum absolute atomic E-state index is 0.123. The number of esters is 1. The molecule has 3 N–H and O–H groups in total. The zero-order valence-electron chi connectivity index (χ0n) is 24.4. The Bertz CT molecular complexity index is 1530. The fraction of sp³-hybridized carbons (Fsp3) is 0.303. The van der Waals surface area contributed by atoms with E-state index < -0.39 is 29.6 Å². The third-order valence-electron chi connectivity index (χ3n) is 7.17. The highest BCUT2D eigenvalue weighted by Crippen LogP contribution is 2.30. The zero-order valence-corrected chi connectivity index (χ0v) is 24.4. The molecule has 10 heteroatoms. The molecular weight excluding hydrogens is 550 g/mol. The van der Waals surface area contributed by atoms with Gasteiger partial charge in [0.2, 0.25) is 17.6 Å². The summed E-state index contributed by atoms with van der Waals surface area (Å²) in [5.41, 5.74) is 3.52. The lowest BCUT2D eigenvalue weighted by atomic mass is 9.96. The van der Waals surface area contributed by atoms with Crippen LogP contribution in [0, 0.1) is 0 Å². The summed E-state index contributed by atoms with van der Waals surface area (Å²) < 4.78 is 4.89. The van der Waals surface area contributed by atoms with Crippen LogP contribution in [-0.4, -0.2) is 53.0 Å². The Balaban J connectivity index is 1.54. The molecule has 0 aromatic heterocycles. The summed E-state index contributed by atoms with van der Waals surface area (Å²) in [5.74, 6) is -1.51. The number of hydrogen-bond acceptors (Lipinski definition) is 6. The number of carbonyl (C=O) groups excluding carboxylic acids is 4. The van der Waals surface area contributed by atoms with E-state index in [-0.39, 0.29) is 31.3 Å². The van der Waals surface area contributed by atoms with Crippen LogP contribution >= 0.6 is 0 Å². The predicted octanol–water partition coefficient (Wildman–Crippen LogP) is 4.50. The maximum absolute atomic E-state index is 13.8. The van der Waals surface area contributed by atoms with Gasteiger partial charge in [0.1, 0.15) is 6.04 Å². The van der Waals surface area contributed by atoms with Crippen molar-refractivity contribution in [2.24, 2.45) is 0 Å². The summed E-state index contributed by atoms with van der Waals surface area (Å²) in [6.45, 7) is 4.38. The number of amides is 3. The lowest BCUT2D eigenvalue weighted by Gasteiger charge is -2.28. The van der Waals surface area contributed by atoms with Gasteiger partial charge in [-0.3, -0.25) is 19.2 Å². The quantitative estimate of drug-likeness (QED) is 0.235. The average Bonchev–Trinajstić information content (AvgIpc) is 3.07. The van der Waals surface area contributed by atoms with Crippen molar-refractivity contribution in [2.75, 3.05) is 11.5 Å². The molecule has 0 radical (unpaired) electrons. The molecule has 3 aromatic carbocycles. The Labute approximate surface area is 250 Å². The van der Waals surface area contributed by atoms with Gasteiger partial charge in [-0.25, -0.2) is 4.79 Å². The van der Waals surface area contributed by atoms with Crippen molar-refractivity contribution in [1.29, 1.82) is 0 Å². The summed E-state index contributed by atoms with van der Waals surface area (Å²) in [4.78, 5) is 63.3. The number of nitrogens with zero attached hydrogens (tertiary/aromatic N) is 1. The van der Waals surface area contributed by atoms with Gasteiger partial charge >= 0.3 is 12.1 Å². The Morgan fingerprint density at radius 2 is 1.65 bits per heavy atom. The minimum Gasteiger partial charge on any atom is -0.465 e. The number of ketones is 1. The summed E-state index contributed by atoms with van der Waals surface area (Å²) in [6, 6.07) is 21.5. The maximum atomic E-state index is 13.8. The van der Waals surface area contributed by atoms with Crippen LogP contribution in [0.2, 0.25) is 0 Å². The Morgan fingerprint density at radius 1 is 0.977 bits per heavy atom. The van der Waals surface area contributed by atoms with Crippen LogP contribution in [0.1, 0.15) is 55.1 Å². The molecule has 0 saturated carbocycles. The normalized spacial score (nSPS) is 14.7. The molecule has 1 atom stereocenters. The van der Waals surface area contributed by atoms with Gasteiger partial charge in [0, 0.05) is 30.1 Å². The first-order valence-electron chi connectivity index (χ1n) is 14.0. The van der Waals surface area contributed by atoms with E-state index in [4.69, 9.17) is 9.84 Å². The number of carbonyl (C=O) groups is 5. The summed E-state index contributed by atoms with van der Waals surface area (Å²) in [5, 5.41) is 14.2. The molecule has 43 heavy (non-hydrogen) atoms. The molecule has 1 aliphatic rings. The highest BCUT2D eigenvalue weighted by molar-refractivity contribution is 6.04. The third-order valence-corrected chi connectivity index (χ3v) is 7.17.